The minimum Gasteiger partial charge on any atom is -0.340 e. The van der Waals surface area contributed by atoms with E-state index < -0.39 is 31.7 Å². The number of phosphoric acid groups is 1. The molecular formula is C20H29F3N3O4P. The number of aryl methyl sites for hydroxylation is 1. The first kappa shape index (κ1) is 25.5. The van der Waals surface area contributed by atoms with Crippen LogP contribution in [0.25, 0.3) is 11.3 Å². The van der Waals surface area contributed by atoms with Crippen LogP contribution in [0.5, 0.6) is 0 Å². The summed E-state index contributed by atoms with van der Waals surface area (Å²) in [7, 11) is -4.73. The standard InChI is InChI=1S/C20H29F3N3O4P/c1-3-4-5-6-7-8-14-9-10-15(11-16(14)20(21,22)23)17-12-25-18(26-17)19(2,24)13-30-31(27,28)29/h9-12H,3-8,13,24H2,1-2H3,(H,25,26)(H2,27,28,29)/t19-/m0/s1. The molecule has 0 radical (unpaired) electrons. The molecule has 11 heteroatoms. The van der Waals surface area contributed by atoms with Gasteiger partial charge in [0.2, 0.25) is 0 Å². The molecule has 0 amide bonds. The Bertz CT molecular complexity index is 909. The van der Waals surface area contributed by atoms with Crippen LogP contribution in [0.2, 0.25) is 0 Å². The lowest BCUT2D eigenvalue weighted by atomic mass is 9.97. The van der Waals surface area contributed by atoms with Crippen molar-refractivity contribution in [2.75, 3.05) is 6.61 Å². The number of alkyl halides is 3. The van der Waals surface area contributed by atoms with E-state index in [4.69, 9.17) is 15.5 Å². The van der Waals surface area contributed by atoms with Crippen molar-refractivity contribution in [3.63, 3.8) is 0 Å². The summed E-state index contributed by atoms with van der Waals surface area (Å²) in [4.78, 5) is 24.6. The van der Waals surface area contributed by atoms with E-state index in [1.54, 1.807) is 6.07 Å². The van der Waals surface area contributed by atoms with Crippen LogP contribution in [0.15, 0.2) is 24.4 Å². The molecule has 1 heterocycles. The van der Waals surface area contributed by atoms with Crippen LogP contribution in [0.3, 0.4) is 0 Å². The first-order valence-corrected chi connectivity index (χ1v) is 11.6. The minimum absolute atomic E-state index is 0.129. The molecule has 0 bridgehead atoms. The summed E-state index contributed by atoms with van der Waals surface area (Å²) in [5.74, 6) is 0.129. The van der Waals surface area contributed by atoms with Crippen LogP contribution < -0.4 is 5.73 Å². The van der Waals surface area contributed by atoms with Gasteiger partial charge in [0.15, 0.2) is 0 Å². The van der Waals surface area contributed by atoms with Gasteiger partial charge in [-0.05, 0) is 31.4 Å². The maximum atomic E-state index is 13.6. The van der Waals surface area contributed by atoms with Gasteiger partial charge in [0.1, 0.15) is 5.82 Å². The number of aromatic nitrogens is 2. The predicted molar refractivity (Wildman–Crippen MR) is 111 cm³/mol. The van der Waals surface area contributed by atoms with Crippen LogP contribution in [-0.2, 0) is 27.2 Å². The van der Waals surface area contributed by atoms with Gasteiger partial charge in [0, 0.05) is 5.56 Å². The number of benzene rings is 1. The zero-order chi connectivity index (χ0) is 23.3. The molecule has 0 aliphatic heterocycles. The molecule has 31 heavy (non-hydrogen) atoms. The number of nitrogens with one attached hydrogen (secondary N) is 1. The molecule has 0 saturated heterocycles. The molecule has 7 nitrogen and oxygen atoms in total. The Balaban J connectivity index is 2.22. The molecular weight excluding hydrogens is 434 g/mol. The van der Waals surface area contributed by atoms with Crippen molar-refractivity contribution >= 4 is 7.82 Å². The van der Waals surface area contributed by atoms with Gasteiger partial charge in [-0.25, -0.2) is 9.55 Å². The topological polar surface area (TPSA) is 121 Å². The van der Waals surface area contributed by atoms with E-state index in [0.717, 1.165) is 31.7 Å². The zero-order valence-corrected chi connectivity index (χ0v) is 18.5. The van der Waals surface area contributed by atoms with Gasteiger partial charge >= 0.3 is 14.0 Å². The van der Waals surface area contributed by atoms with E-state index in [1.807, 2.05) is 0 Å². The number of nitrogens with zero attached hydrogens (tertiary/aromatic N) is 1. The Labute approximate surface area is 179 Å². The first-order valence-electron chi connectivity index (χ1n) is 10.1. The molecule has 0 saturated carbocycles. The van der Waals surface area contributed by atoms with Crippen molar-refractivity contribution < 1.29 is 32.0 Å². The molecule has 0 aliphatic carbocycles. The van der Waals surface area contributed by atoms with Crippen molar-refractivity contribution in [1.29, 1.82) is 0 Å². The van der Waals surface area contributed by atoms with Gasteiger partial charge in [0.05, 0.1) is 29.6 Å². The lowest BCUT2D eigenvalue weighted by Gasteiger charge is -2.22. The fourth-order valence-electron chi connectivity index (χ4n) is 3.19. The van der Waals surface area contributed by atoms with E-state index in [0.29, 0.717) is 18.5 Å². The van der Waals surface area contributed by atoms with Gasteiger partial charge < -0.3 is 20.5 Å². The average molecular weight is 463 g/mol. The lowest BCUT2D eigenvalue weighted by Crippen LogP contribution is -2.39. The number of halogens is 3. The zero-order valence-electron chi connectivity index (χ0n) is 17.6. The molecule has 0 spiro atoms. The smallest absolute Gasteiger partial charge is 0.340 e. The number of imidazole rings is 1. The Morgan fingerprint density at radius 3 is 2.48 bits per heavy atom. The molecule has 5 N–H and O–H groups in total. The van der Waals surface area contributed by atoms with Crippen molar-refractivity contribution in [3.05, 3.63) is 41.3 Å². The SMILES string of the molecule is CCCCCCCc1ccc(-c2cnc([C@@](C)(N)COP(=O)(O)O)[nH]2)cc1C(F)(F)F. The second-order valence-corrected chi connectivity index (χ2v) is 9.10. The maximum Gasteiger partial charge on any atom is 0.469 e. The number of rotatable bonds is 11. The van der Waals surface area contributed by atoms with Gasteiger partial charge in [-0.2, -0.15) is 13.2 Å². The highest BCUT2D eigenvalue weighted by molar-refractivity contribution is 7.46. The number of phosphoric ester groups is 1. The Morgan fingerprint density at radius 2 is 1.87 bits per heavy atom. The second-order valence-electron chi connectivity index (χ2n) is 7.86. The van der Waals surface area contributed by atoms with Crippen molar-refractivity contribution in [2.45, 2.75) is 64.1 Å². The highest BCUT2D eigenvalue weighted by Crippen LogP contribution is 2.38. The Morgan fingerprint density at radius 1 is 1.19 bits per heavy atom. The number of aromatic amines is 1. The molecule has 1 aromatic carbocycles. The molecule has 2 aromatic rings. The van der Waals surface area contributed by atoms with E-state index in [-0.39, 0.29) is 17.0 Å². The second kappa shape index (κ2) is 10.3. The number of hydrogen-bond donors (Lipinski definition) is 4. The van der Waals surface area contributed by atoms with Crippen LogP contribution in [0.1, 0.15) is 62.9 Å². The molecule has 1 aromatic heterocycles. The van der Waals surface area contributed by atoms with Crippen LogP contribution in [-0.4, -0.2) is 26.4 Å². The van der Waals surface area contributed by atoms with Crippen molar-refractivity contribution in [2.24, 2.45) is 5.73 Å². The van der Waals surface area contributed by atoms with Gasteiger partial charge in [-0.1, -0.05) is 44.7 Å². The summed E-state index contributed by atoms with van der Waals surface area (Å²) >= 11 is 0. The number of nitrogens with two attached hydrogens (primary N) is 1. The third-order valence-corrected chi connectivity index (χ3v) is 5.39. The highest BCUT2D eigenvalue weighted by atomic mass is 31.2. The Hall–Kier alpha value is -1.71. The number of unbranched alkanes of at least 4 members (excludes halogenated alkanes) is 4. The Kier molecular flexibility index (Phi) is 8.47. The summed E-state index contributed by atoms with van der Waals surface area (Å²) in [6.07, 6.45) is 1.94. The molecule has 0 unspecified atom stereocenters. The van der Waals surface area contributed by atoms with Gasteiger partial charge in [-0.15, -0.1) is 0 Å². The number of H-pyrrole nitrogens is 1. The fraction of sp³-hybridized carbons (Fsp3) is 0.550. The summed E-state index contributed by atoms with van der Waals surface area (Å²) in [5, 5.41) is 0. The van der Waals surface area contributed by atoms with Crippen molar-refractivity contribution in [3.8, 4) is 11.3 Å². The van der Waals surface area contributed by atoms with Gasteiger partial charge in [-0.3, -0.25) is 4.52 Å². The fourth-order valence-corrected chi connectivity index (χ4v) is 3.63. The van der Waals surface area contributed by atoms with E-state index in [2.05, 4.69) is 21.4 Å². The first-order chi connectivity index (χ1) is 14.3. The van der Waals surface area contributed by atoms with Crippen LogP contribution in [0.4, 0.5) is 13.2 Å². The third kappa shape index (κ3) is 7.73. The average Bonchev–Trinajstić information content (AvgIpc) is 3.16. The van der Waals surface area contributed by atoms with E-state index in [1.165, 1.54) is 19.2 Å². The normalized spacial score (nSPS) is 14.6. The van der Waals surface area contributed by atoms with Gasteiger partial charge in [0.25, 0.3) is 0 Å². The summed E-state index contributed by atoms with van der Waals surface area (Å²) in [6.45, 7) is 2.99. The third-order valence-electron chi connectivity index (χ3n) is 4.93. The minimum atomic E-state index is -4.73. The monoisotopic (exact) mass is 463 g/mol. The quantitative estimate of drug-likeness (QED) is 0.278. The van der Waals surface area contributed by atoms with E-state index >= 15 is 0 Å². The maximum absolute atomic E-state index is 13.6. The molecule has 0 fully saturated rings. The molecule has 2 rings (SSSR count). The predicted octanol–water partition coefficient (Wildman–Crippen LogP) is 4.89. The van der Waals surface area contributed by atoms with E-state index in [9.17, 15) is 17.7 Å². The lowest BCUT2D eigenvalue weighted by molar-refractivity contribution is -0.138. The molecule has 0 aliphatic rings. The largest absolute Gasteiger partial charge is 0.469 e. The summed E-state index contributed by atoms with van der Waals surface area (Å²) < 4.78 is 56.3. The summed E-state index contributed by atoms with van der Waals surface area (Å²) in [5.41, 5.74) is 4.79. The molecule has 174 valence electrons. The van der Waals surface area contributed by atoms with Crippen LogP contribution in [0, 0.1) is 0 Å². The summed E-state index contributed by atoms with van der Waals surface area (Å²) in [6, 6.07) is 4.16. The van der Waals surface area contributed by atoms with Crippen LogP contribution >= 0.6 is 7.82 Å². The van der Waals surface area contributed by atoms with Crippen molar-refractivity contribution in [1.82, 2.24) is 9.97 Å². The highest BCUT2D eigenvalue weighted by Gasteiger charge is 2.34. The molecule has 1 atom stereocenters. The number of hydrogen-bond acceptors (Lipinski definition) is 4.